The number of benzene rings is 2. The molecule has 1 unspecified atom stereocenters. The van der Waals surface area contributed by atoms with Gasteiger partial charge in [0.2, 0.25) is 11.8 Å². The summed E-state index contributed by atoms with van der Waals surface area (Å²) in [6.07, 6.45) is 3.74. The second-order valence-corrected chi connectivity index (χ2v) is 14.6. The van der Waals surface area contributed by atoms with Gasteiger partial charge in [-0.2, -0.15) is 0 Å². The molecule has 51 heavy (non-hydrogen) atoms. The number of carbonyl (C=O) groups is 4. The predicted octanol–water partition coefficient (Wildman–Crippen LogP) is 4.83. The van der Waals surface area contributed by atoms with Crippen molar-refractivity contribution in [1.29, 1.82) is 0 Å². The fourth-order valence-electron chi connectivity index (χ4n) is 7.80. The van der Waals surface area contributed by atoms with Crippen LogP contribution < -0.4 is 9.64 Å². The van der Waals surface area contributed by atoms with Gasteiger partial charge in [-0.25, -0.2) is 0 Å². The molecule has 2 aromatic rings. The number of hydrogen-bond acceptors (Lipinski definition) is 8. The van der Waals surface area contributed by atoms with Crippen molar-refractivity contribution in [2.75, 3.05) is 38.8 Å². The molecule has 3 aliphatic heterocycles. The summed E-state index contributed by atoms with van der Waals surface area (Å²) < 4.78 is 18.4. The molecule has 8 atom stereocenters. The number of hydrogen-bond donors (Lipinski definition) is 1. The van der Waals surface area contributed by atoms with Gasteiger partial charge >= 0.3 is 5.97 Å². The Morgan fingerprint density at radius 3 is 2.45 bits per heavy atom. The highest BCUT2D eigenvalue weighted by Crippen LogP contribution is 2.60. The summed E-state index contributed by atoms with van der Waals surface area (Å²) in [7, 11) is 3.25. The van der Waals surface area contributed by atoms with Gasteiger partial charge in [-0.1, -0.05) is 58.4 Å². The molecular formula is C39H48BrN3O8. The summed E-state index contributed by atoms with van der Waals surface area (Å²) in [4.78, 5) is 61.3. The highest BCUT2D eigenvalue weighted by molar-refractivity contribution is 9.09. The van der Waals surface area contributed by atoms with E-state index in [-0.39, 0.29) is 48.7 Å². The minimum atomic E-state index is -1.31. The molecule has 3 aliphatic rings. The van der Waals surface area contributed by atoms with Crippen molar-refractivity contribution in [2.24, 2.45) is 11.8 Å². The third-order valence-corrected chi connectivity index (χ3v) is 11.3. The molecule has 2 bridgehead atoms. The quantitative estimate of drug-likeness (QED) is 0.105. The first-order valence-corrected chi connectivity index (χ1v) is 18.4. The second-order valence-electron chi connectivity index (χ2n) is 13.4. The number of alkyl halides is 1. The number of anilines is 1. The number of likely N-dealkylation sites (N-methyl/N-ethyl adjacent to an activating group) is 1. The Bertz CT molecular complexity index is 1590. The lowest BCUT2D eigenvalue weighted by atomic mass is 9.70. The molecule has 0 saturated carbocycles. The second kappa shape index (κ2) is 16.6. The van der Waals surface area contributed by atoms with E-state index in [1.807, 2.05) is 37.3 Å². The van der Waals surface area contributed by atoms with Gasteiger partial charge in [0.05, 0.1) is 31.1 Å². The first-order valence-electron chi connectivity index (χ1n) is 17.5. The van der Waals surface area contributed by atoms with Crippen molar-refractivity contribution in [1.82, 2.24) is 9.80 Å². The Morgan fingerprint density at radius 2 is 1.82 bits per heavy atom. The largest absolute Gasteiger partial charge is 0.497 e. The van der Waals surface area contributed by atoms with E-state index in [2.05, 4.69) is 29.1 Å². The molecule has 274 valence electrons. The van der Waals surface area contributed by atoms with Gasteiger partial charge in [0.25, 0.3) is 5.91 Å². The van der Waals surface area contributed by atoms with Gasteiger partial charge in [-0.15, -0.1) is 13.2 Å². The van der Waals surface area contributed by atoms with E-state index in [1.54, 1.807) is 60.4 Å². The van der Waals surface area contributed by atoms with Crippen LogP contribution in [-0.4, -0.2) is 101 Å². The average Bonchev–Trinajstić information content (AvgIpc) is 3.74. The lowest BCUT2D eigenvalue weighted by molar-refractivity contribution is -0.164. The zero-order valence-corrected chi connectivity index (χ0v) is 31.1. The summed E-state index contributed by atoms with van der Waals surface area (Å²) >= 11 is 3.74. The number of likely N-dealkylation sites (tertiary alicyclic amines) is 1. The van der Waals surface area contributed by atoms with E-state index in [0.29, 0.717) is 42.7 Å². The van der Waals surface area contributed by atoms with Crippen LogP contribution in [0.3, 0.4) is 0 Å². The number of carbonyl (C=O) groups excluding carboxylic acids is 4. The molecule has 0 aromatic heterocycles. The maximum Gasteiger partial charge on any atom is 0.313 e. The fourth-order valence-corrected chi connectivity index (χ4v) is 8.74. The standard InChI is InChI=1S/C39H48BrN3O8/c1-6-8-16-30(45)41(4)25(3)33(26-14-10-9-11-15-26)50-38(48)31-32-36(46)43(22-12-13-23-44)35(39(32)24-29(40)34(31)51-39)37(47)42(21-7-2)27-17-19-28(49-5)20-18-27/h6-7,9-11,14-15,17-20,25,29,31-35,44H,1-2,8,12-13,16,21-24H2,3-5H3/t25-,29?,31+,32-,33+,34+,35+,39-/m0/s1. The summed E-state index contributed by atoms with van der Waals surface area (Å²) in [5.74, 6) is -2.82. The molecule has 3 amide bonds. The Morgan fingerprint density at radius 1 is 1.12 bits per heavy atom. The van der Waals surface area contributed by atoms with Crippen molar-refractivity contribution in [3.63, 3.8) is 0 Å². The van der Waals surface area contributed by atoms with Crippen LogP contribution in [0, 0.1) is 11.8 Å². The summed E-state index contributed by atoms with van der Waals surface area (Å²) in [5.41, 5.74) is -0.0202. The van der Waals surface area contributed by atoms with Gasteiger partial charge in [-0.05, 0) is 62.4 Å². The maximum absolute atomic E-state index is 14.8. The lowest BCUT2D eigenvalue weighted by Crippen LogP contribution is -2.57. The van der Waals surface area contributed by atoms with Crippen molar-refractivity contribution >= 4 is 45.3 Å². The van der Waals surface area contributed by atoms with E-state index in [0.717, 1.165) is 0 Å². The number of aliphatic hydroxyl groups is 1. The number of aliphatic hydroxyl groups excluding tert-OH is 1. The van der Waals surface area contributed by atoms with E-state index < -0.39 is 47.7 Å². The number of halogens is 1. The molecule has 5 rings (SSSR count). The number of allylic oxidation sites excluding steroid dienone is 1. The van der Waals surface area contributed by atoms with Crippen LogP contribution in [-0.2, 0) is 28.7 Å². The smallest absolute Gasteiger partial charge is 0.313 e. The molecule has 3 saturated heterocycles. The van der Waals surface area contributed by atoms with Crippen molar-refractivity contribution in [3.05, 3.63) is 85.5 Å². The number of ether oxygens (including phenoxy) is 3. The van der Waals surface area contributed by atoms with Gasteiger partial charge in [-0.3, -0.25) is 19.2 Å². The topological polar surface area (TPSA) is 126 Å². The normalized spacial score (nSPS) is 25.9. The molecule has 2 aromatic carbocycles. The minimum absolute atomic E-state index is 0.0652. The number of fused-ring (bicyclic) bond motifs is 1. The molecule has 1 N–H and O–H groups in total. The van der Waals surface area contributed by atoms with Gasteiger partial charge in [0, 0.05) is 43.7 Å². The summed E-state index contributed by atoms with van der Waals surface area (Å²) in [6, 6.07) is 14.7. The third-order valence-electron chi connectivity index (χ3n) is 10.4. The number of nitrogens with zero attached hydrogens (tertiary/aromatic N) is 3. The summed E-state index contributed by atoms with van der Waals surface area (Å²) in [5, 5.41) is 9.56. The average molecular weight is 767 g/mol. The zero-order valence-electron chi connectivity index (χ0n) is 29.5. The predicted molar refractivity (Wildman–Crippen MR) is 196 cm³/mol. The Kier molecular flexibility index (Phi) is 12.4. The van der Waals surface area contributed by atoms with E-state index in [9.17, 15) is 24.3 Å². The third kappa shape index (κ3) is 7.36. The Balaban J connectivity index is 1.51. The molecule has 3 heterocycles. The van der Waals surface area contributed by atoms with Gasteiger partial charge < -0.3 is 34.0 Å². The molecule has 3 fully saturated rings. The van der Waals surface area contributed by atoms with E-state index in [1.165, 1.54) is 4.90 Å². The molecule has 0 aliphatic carbocycles. The highest BCUT2D eigenvalue weighted by Gasteiger charge is 2.77. The number of unbranched alkanes of at least 4 members (excludes halogenated alkanes) is 1. The van der Waals surface area contributed by atoms with Gasteiger partial charge in [0.15, 0.2) is 0 Å². The molecule has 0 radical (unpaired) electrons. The van der Waals surface area contributed by atoms with Crippen LogP contribution in [0.25, 0.3) is 0 Å². The summed E-state index contributed by atoms with van der Waals surface area (Å²) in [6.45, 7) is 9.71. The van der Waals surface area contributed by atoms with Crippen molar-refractivity contribution in [3.8, 4) is 5.75 Å². The van der Waals surface area contributed by atoms with Crippen LogP contribution in [0.5, 0.6) is 5.75 Å². The Labute approximate surface area is 308 Å². The molecule has 11 nitrogen and oxygen atoms in total. The SMILES string of the molecule is C=CCCC(=O)N(C)[C@@H](C)[C@@H](OC(=O)[C@H]1[C@@H]2O[C@@]3(CC2Br)[C@@H]1C(=O)N(CCCCO)[C@@H]3C(=O)N(CC=C)c1ccc(OC)cc1)c1ccccc1. The fraction of sp³-hybridized carbons (Fsp3) is 0.487. The Hall–Kier alpha value is -4.00. The first kappa shape index (κ1) is 38.2. The monoisotopic (exact) mass is 765 g/mol. The van der Waals surface area contributed by atoms with E-state index in [4.69, 9.17) is 14.2 Å². The highest BCUT2D eigenvalue weighted by atomic mass is 79.9. The van der Waals surface area contributed by atoms with Crippen molar-refractivity contribution in [2.45, 2.75) is 73.7 Å². The van der Waals surface area contributed by atoms with E-state index >= 15 is 0 Å². The molecule has 12 heteroatoms. The van der Waals surface area contributed by atoms with Gasteiger partial charge in [0.1, 0.15) is 23.5 Å². The van der Waals surface area contributed by atoms with Crippen LogP contribution in [0.4, 0.5) is 5.69 Å². The van der Waals surface area contributed by atoms with Crippen molar-refractivity contribution < 1.29 is 38.5 Å². The molecule has 1 spiro atoms. The number of methoxy groups -OCH3 is 1. The van der Waals surface area contributed by atoms with Crippen LogP contribution >= 0.6 is 15.9 Å². The zero-order chi connectivity index (χ0) is 36.9. The lowest BCUT2D eigenvalue weighted by Gasteiger charge is -2.37. The van der Waals surface area contributed by atoms with Crippen LogP contribution in [0.2, 0.25) is 0 Å². The maximum atomic E-state index is 14.8. The van der Waals surface area contributed by atoms with Crippen LogP contribution in [0.1, 0.15) is 50.7 Å². The first-order chi connectivity index (χ1) is 24.5. The number of esters is 1. The van der Waals surface area contributed by atoms with Crippen LogP contribution in [0.15, 0.2) is 79.9 Å². The number of amides is 3. The number of rotatable bonds is 17. The molecular weight excluding hydrogens is 718 g/mol. The minimum Gasteiger partial charge on any atom is -0.497 e.